The fourth-order valence-electron chi connectivity index (χ4n) is 0.0476. The van der Waals surface area contributed by atoms with Gasteiger partial charge in [-0.2, -0.15) is 8.78 Å². The Labute approximate surface area is 43.9 Å². The van der Waals surface area contributed by atoms with E-state index in [1.807, 2.05) is 0 Å². The van der Waals surface area contributed by atoms with E-state index in [4.69, 9.17) is 11.6 Å². The van der Waals surface area contributed by atoms with Crippen LogP contribution in [0.15, 0.2) is 0 Å². The van der Waals surface area contributed by atoms with Crippen LogP contribution in [-0.4, -0.2) is 11.0 Å². The van der Waals surface area contributed by atoms with Gasteiger partial charge in [-0.15, -0.1) is 11.6 Å². The first-order valence-electron chi connectivity index (χ1n) is 1.23. The standard InChI is InChI=1S/C2H3ClF2S/c3-1-6-2(4)5/h2H,1H2. The summed E-state index contributed by atoms with van der Waals surface area (Å²) >= 11 is 5.30. The zero-order valence-corrected chi connectivity index (χ0v) is 4.40. The topological polar surface area (TPSA) is 0 Å². The van der Waals surface area contributed by atoms with E-state index in [9.17, 15) is 8.78 Å². The van der Waals surface area contributed by atoms with Crippen LogP contribution in [0.3, 0.4) is 0 Å². The first-order valence-corrected chi connectivity index (χ1v) is 2.81. The average molecular weight is 133 g/mol. The number of hydrogen-bond acceptors (Lipinski definition) is 1. The lowest BCUT2D eigenvalue weighted by atomic mass is 11.7. The summed E-state index contributed by atoms with van der Waals surface area (Å²) in [6.07, 6.45) is 0. The van der Waals surface area contributed by atoms with Crippen LogP contribution in [0.1, 0.15) is 0 Å². The molecule has 0 radical (unpaired) electrons. The van der Waals surface area contributed by atoms with Gasteiger partial charge in [0.1, 0.15) is 0 Å². The lowest BCUT2D eigenvalue weighted by Crippen LogP contribution is -1.76. The molecule has 0 aliphatic carbocycles. The third kappa shape index (κ3) is 4.50. The molecule has 0 aliphatic heterocycles. The van der Waals surface area contributed by atoms with Crippen LogP contribution in [-0.2, 0) is 0 Å². The molecule has 0 N–H and O–H groups in total. The normalized spacial score (nSPS) is 10.0. The zero-order chi connectivity index (χ0) is 4.99. The van der Waals surface area contributed by atoms with Crippen molar-refractivity contribution < 1.29 is 8.78 Å². The molecule has 0 aromatic rings. The van der Waals surface area contributed by atoms with E-state index < -0.39 is 5.76 Å². The molecule has 0 fully saturated rings. The molecule has 6 heavy (non-hydrogen) atoms. The van der Waals surface area contributed by atoms with E-state index in [2.05, 4.69) is 0 Å². The first-order chi connectivity index (χ1) is 2.77. The van der Waals surface area contributed by atoms with Gasteiger partial charge >= 0.3 is 0 Å². The highest BCUT2D eigenvalue weighted by Crippen LogP contribution is 2.13. The molecule has 4 heteroatoms. The van der Waals surface area contributed by atoms with Crippen LogP contribution >= 0.6 is 23.4 Å². The van der Waals surface area contributed by atoms with Gasteiger partial charge in [0.25, 0.3) is 5.76 Å². The fraction of sp³-hybridized carbons (Fsp3) is 1.00. The van der Waals surface area contributed by atoms with Crippen molar-refractivity contribution in [1.29, 1.82) is 0 Å². The van der Waals surface area contributed by atoms with Crippen molar-refractivity contribution in [3.63, 3.8) is 0 Å². The molecule has 0 atom stereocenters. The molecule has 0 saturated carbocycles. The van der Waals surface area contributed by atoms with Crippen molar-refractivity contribution in [2.75, 3.05) is 5.21 Å². The van der Waals surface area contributed by atoms with E-state index in [0.717, 1.165) is 0 Å². The summed E-state index contributed by atoms with van der Waals surface area (Å²) in [5.74, 6) is -2.32. The summed E-state index contributed by atoms with van der Waals surface area (Å²) < 4.78 is 21.8. The average Bonchev–Trinajstić information content (AvgIpc) is 1.35. The second kappa shape index (κ2) is 3.68. The maximum Gasteiger partial charge on any atom is 0.285 e. The molecule has 0 nitrogen and oxygen atoms in total. The minimum Gasteiger partial charge on any atom is -0.198 e. The smallest absolute Gasteiger partial charge is 0.198 e. The molecule has 0 heterocycles. The van der Waals surface area contributed by atoms with E-state index >= 15 is 0 Å². The highest BCUT2D eigenvalue weighted by atomic mass is 35.5. The number of halogens is 3. The van der Waals surface area contributed by atoms with Crippen molar-refractivity contribution in [3.05, 3.63) is 0 Å². The van der Waals surface area contributed by atoms with Gasteiger partial charge in [0, 0.05) is 0 Å². The summed E-state index contributed by atoms with van der Waals surface area (Å²) in [5.41, 5.74) is 0. The van der Waals surface area contributed by atoms with Crippen molar-refractivity contribution in [2.45, 2.75) is 5.76 Å². The Morgan fingerprint density at radius 3 is 2.17 bits per heavy atom. The summed E-state index contributed by atoms with van der Waals surface area (Å²) in [6.45, 7) is 0. The zero-order valence-electron chi connectivity index (χ0n) is 2.83. The van der Waals surface area contributed by atoms with Crippen LogP contribution in [0.5, 0.6) is 0 Å². The Kier molecular flexibility index (Phi) is 3.99. The van der Waals surface area contributed by atoms with Gasteiger partial charge in [-0.3, -0.25) is 0 Å². The highest BCUT2D eigenvalue weighted by molar-refractivity contribution is 8.00. The minimum absolute atomic E-state index is 0.0301. The highest BCUT2D eigenvalue weighted by Gasteiger charge is 1.97. The third-order valence-corrected chi connectivity index (χ3v) is 0.945. The molecule has 0 aliphatic rings. The molecular formula is C2H3ClF2S. The van der Waals surface area contributed by atoms with E-state index in [1.54, 1.807) is 0 Å². The van der Waals surface area contributed by atoms with E-state index in [-0.39, 0.29) is 5.21 Å². The fourth-order valence-corrected chi connectivity index (χ4v) is 0.429. The third-order valence-electron chi connectivity index (χ3n) is 0.189. The van der Waals surface area contributed by atoms with Crippen LogP contribution < -0.4 is 0 Å². The van der Waals surface area contributed by atoms with Crippen LogP contribution in [0.2, 0.25) is 0 Å². The maximum atomic E-state index is 10.9. The van der Waals surface area contributed by atoms with Gasteiger partial charge in [0.2, 0.25) is 0 Å². The van der Waals surface area contributed by atoms with Gasteiger partial charge in [-0.1, -0.05) is 11.8 Å². The van der Waals surface area contributed by atoms with Crippen molar-refractivity contribution >= 4 is 23.4 Å². The van der Waals surface area contributed by atoms with Crippen LogP contribution in [0.4, 0.5) is 8.78 Å². The monoisotopic (exact) mass is 132 g/mol. The molecule has 0 unspecified atom stereocenters. The molecule has 38 valence electrons. The molecule has 0 spiro atoms. The summed E-state index contributed by atoms with van der Waals surface area (Å²) in [4.78, 5) is 0. The summed E-state index contributed by atoms with van der Waals surface area (Å²) in [5, 5.41) is -0.0301. The SMILES string of the molecule is FC(F)SCCl. The number of hydrogen-bond donors (Lipinski definition) is 0. The van der Waals surface area contributed by atoms with Crippen molar-refractivity contribution in [1.82, 2.24) is 0 Å². The number of alkyl halides is 3. The molecule has 0 saturated heterocycles. The lowest BCUT2D eigenvalue weighted by Gasteiger charge is -1.86. The first kappa shape index (κ1) is 6.50. The molecule has 0 amide bonds. The summed E-state index contributed by atoms with van der Waals surface area (Å²) in [7, 11) is 0. The van der Waals surface area contributed by atoms with Crippen LogP contribution in [0, 0.1) is 0 Å². The Morgan fingerprint density at radius 2 is 2.17 bits per heavy atom. The second-order valence-electron chi connectivity index (χ2n) is 0.536. The Morgan fingerprint density at radius 1 is 1.67 bits per heavy atom. The van der Waals surface area contributed by atoms with Gasteiger partial charge in [0.05, 0.1) is 5.21 Å². The second-order valence-corrected chi connectivity index (χ2v) is 2.10. The van der Waals surface area contributed by atoms with Gasteiger partial charge in [-0.25, -0.2) is 0 Å². The van der Waals surface area contributed by atoms with E-state index in [0.29, 0.717) is 11.8 Å². The maximum absolute atomic E-state index is 10.9. The lowest BCUT2D eigenvalue weighted by molar-refractivity contribution is 0.252. The number of thioether (sulfide) groups is 1. The Bertz CT molecular complexity index is 32.7. The molecular weight excluding hydrogens is 130 g/mol. The molecule has 0 aromatic carbocycles. The van der Waals surface area contributed by atoms with Crippen molar-refractivity contribution in [2.24, 2.45) is 0 Å². The quantitative estimate of drug-likeness (QED) is 0.519. The molecule has 0 bridgehead atoms. The number of rotatable bonds is 2. The molecule has 0 aromatic heterocycles. The Balaban J connectivity index is 2.63. The van der Waals surface area contributed by atoms with E-state index in [1.165, 1.54) is 0 Å². The molecule has 0 rings (SSSR count). The summed E-state index contributed by atoms with van der Waals surface area (Å²) in [6, 6.07) is 0. The van der Waals surface area contributed by atoms with Gasteiger partial charge in [-0.05, 0) is 0 Å². The van der Waals surface area contributed by atoms with Crippen LogP contribution in [0.25, 0.3) is 0 Å². The largest absolute Gasteiger partial charge is 0.285 e. The Hall–Kier alpha value is 0.500. The predicted molar refractivity (Wildman–Crippen MR) is 24.3 cm³/mol. The van der Waals surface area contributed by atoms with Gasteiger partial charge in [0.15, 0.2) is 0 Å². The minimum atomic E-state index is -2.32. The van der Waals surface area contributed by atoms with Crippen molar-refractivity contribution in [3.8, 4) is 0 Å². The predicted octanol–water partition coefficient (Wildman–Crippen LogP) is 2.14. The van der Waals surface area contributed by atoms with Gasteiger partial charge < -0.3 is 0 Å².